The highest BCUT2D eigenvalue weighted by Crippen LogP contribution is 2.32. The van der Waals surface area contributed by atoms with Gasteiger partial charge in [-0.05, 0) is 47.2 Å². The Morgan fingerprint density at radius 1 is 1.15 bits per heavy atom. The van der Waals surface area contributed by atoms with Crippen molar-refractivity contribution in [2.24, 2.45) is 0 Å². The molecule has 5 heteroatoms. The van der Waals surface area contributed by atoms with Crippen LogP contribution in [0.4, 0.5) is 11.4 Å². The van der Waals surface area contributed by atoms with Crippen molar-refractivity contribution in [3.8, 4) is 0 Å². The monoisotopic (exact) mass is 378 g/mol. The summed E-state index contributed by atoms with van der Waals surface area (Å²) < 4.78 is 5.23. The maximum atomic E-state index is 12.9. The van der Waals surface area contributed by atoms with Crippen molar-refractivity contribution < 1.29 is 9.53 Å². The molecule has 0 spiro atoms. The molecule has 0 unspecified atom stereocenters. The number of carbonyl (C=O) groups excluding carboxylic acids is 1. The molecule has 0 atom stereocenters. The van der Waals surface area contributed by atoms with Crippen LogP contribution in [0.15, 0.2) is 60.0 Å². The molecule has 0 bridgehead atoms. The third kappa shape index (κ3) is 3.75. The Balaban J connectivity index is 1.58. The van der Waals surface area contributed by atoms with Crippen LogP contribution in [0.2, 0.25) is 0 Å². The SMILES string of the molecule is COCc1ccccc1C(=O)Nc1ccccc1N1CCc2sccc2C1. The van der Waals surface area contributed by atoms with Crippen LogP contribution in [0.1, 0.15) is 26.4 Å². The fraction of sp³-hybridized carbons (Fsp3) is 0.227. The number of fused-ring (bicyclic) bond motifs is 1. The number of anilines is 2. The van der Waals surface area contributed by atoms with Gasteiger partial charge in [-0.15, -0.1) is 11.3 Å². The van der Waals surface area contributed by atoms with Gasteiger partial charge in [0.15, 0.2) is 0 Å². The van der Waals surface area contributed by atoms with E-state index in [-0.39, 0.29) is 5.91 Å². The van der Waals surface area contributed by atoms with Crippen LogP contribution in [0, 0.1) is 0 Å². The van der Waals surface area contributed by atoms with Crippen LogP contribution in [0.25, 0.3) is 0 Å². The molecule has 1 aliphatic rings. The Kier molecular flexibility index (Phi) is 5.23. The minimum absolute atomic E-state index is 0.108. The Morgan fingerprint density at radius 2 is 1.96 bits per heavy atom. The summed E-state index contributed by atoms with van der Waals surface area (Å²) in [5, 5.41) is 5.27. The van der Waals surface area contributed by atoms with E-state index in [1.807, 2.05) is 53.8 Å². The van der Waals surface area contributed by atoms with Gasteiger partial charge >= 0.3 is 0 Å². The van der Waals surface area contributed by atoms with Gasteiger partial charge < -0.3 is 15.0 Å². The second kappa shape index (κ2) is 7.94. The average Bonchev–Trinajstić information content (AvgIpc) is 3.17. The highest BCUT2D eigenvalue weighted by molar-refractivity contribution is 7.10. The molecule has 0 saturated heterocycles. The number of nitrogens with zero attached hydrogens (tertiary/aromatic N) is 1. The quantitative estimate of drug-likeness (QED) is 0.699. The van der Waals surface area contributed by atoms with E-state index in [2.05, 4.69) is 27.7 Å². The minimum atomic E-state index is -0.108. The fourth-order valence-corrected chi connectivity index (χ4v) is 4.41. The number of amides is 1. The molecule has 0 fully saturated rings. The van der Waals surface area contributed by atoms with Crippen LogP contribution in [-0.2, 0) is 24.3 Å². The van der Waals surface area contributed by atoms with E-state index < -0.39 is 0 Å². The van der Waals surface area contributed by atoms with E-state index in [1.165, 1.54) is 10.4 Å². The van der Waals surface area contributed by atoms with Gasteiger partial charge in [0.05, 0.1) is 18.0 Å². The highest BCUT2D eigenvalue weighted by Gasteiger charge is 2.20. The molecular formula is C22H22N2O2S. The molecule has 4 nitrogen and oxygen atoms in total. The van der Waals surface area contributed by atoms with Crippen molar-refractivity contribution in [1.29, 1.82) is 0 Å². The number of thiophene rings is 1. The van der Waals surface area contributed by atoms with E-state index >= 15 is 0 Å². The third-order valence-corrected chi connectivity index (χ3v) is 5.89. The first-order valence-electron chi connectivity index (χ1n) is 9.03. The zero-order valence-corrected chi connectivity index (χ0v) is 16.1. The summed E-state index contributed by atoms with van der Waals surface area (Å²) >= 11 is 1.83. The Bertz CT molecular complexity index is 951. The summed E-state index contributed by atoms with van der Waals surface area (Å²) in [6, 6.07) is 17.8. The molecule has 1 amide bonds. The van der Waals surface area contributed by atoms with Crippen molar-refractivity contribution >= 4 is 28.6 Å². The van der Waals surface area contributed by atoms with Crippen molar-refractivity contribution in [3.63, 3.8) is 0 Å². The van der Waals surface area contributed by atoms with Gasteiger partial charge in [0.2, 0.25) is 0 Å². The molecule has 0 aliphatic carbocycles. The van der Waals surface area contributed by atoms with E-state index in [1.54, 1.807) is 7.11 Å². The van der Waals surface area contributed by atoms with Gasteiger partial charge in [-0.1, -0.05) is 30.3 Å². The summed E-state index contributed by atoms with van der Waals surface area (Å²) in [5.74, 6) is -0.108. The third-order valence-electron chi connectivity index (χ3n) is 4.86. The first-order valence-corrected chi connectivity index (χ1v) is 9.91. The van der Waals surface area contributed by atoms with Gasteiger partial charge in [0, 0.05) is 30.6 Å². The van der Waals surface area contributed by atoms with E-state index in [0.717, 1.165) is 36.4 Å². The van der Waals surface area contributed by atoms with E-state index in [9.17, 15) is 4.79 Å². The molecule has 1 aromatic heterocycles. The number of nitrogens with one attached hydrogen (secondary N) is 1. The topological polar surface area (TPSA) is 41.6 Å². The number of hydrogen-bond donors (Lipinski definition) is 1. The van der Waals surface area contributed by atoms with Crippen molar-refractivity contribution in [3.05, 3.63) is 81.5 Å². The molecule has 27 heavy (non-hydrogen) atoms. The lowest BCUT2D eigenvalue weighted by molar-refractivity contribution is 0.102. The zero-order chi connectivity index (χ0) is 18.6. The molecule has 4 rings (SSSR count). The van der Waals surface area contributed by atoms with Gasteiger partial charge in [0.1, 0.15) is 0 Å². The van der Waals surface area contributed by atoms with Gasteiger partial charge in [-0.2, -0.15) is 0 Å². The van der Waals surface area contributed by atoms with Crippen LogP contribution in [0.5, 0.6) is 0 Å². The van der Waals surface area contributed by atoms with Crippen LogP contribution in [0.3, 0.4) is 0 Å². The second-order valence-corrected chi connectivity index (χ2v) is 7.60. The number of benzene rings is 2. The second-order valence-electron chi connectivity index (χ2n) is 6.60. The lowest BCUT2D eigenvalue weighted by Crippen LogP contribution is -2.30. The first-order chi connectivity index (χ1) is 13.3. The number of methoxy groups -OCH3 is 1. The lowest BCUT2D eigenvalue weighted by Gasteiger charge is -2.30. The number of para-hydroxylation sites is 2. The molecule has 2 aromatic carbocycles. The summed E-state index contributed by atoms with van der Waals surface area (Å²) in [4.78, 5) is 16.7. The van der Waals surface area contributed by atoms with Crippen molar-refractivity contribution in [2.75, 3.05) is 23.9 Å². The zero-order valence-electron chi connectivity index (χ0n) is 15.3. The molecule has 2 heterocycles. The van der Waals surface area contributed by atoms with Gasteiger partial charge in [0.25, 0.3) is 5.91 Å². The number of carbonyl (C=O) groups is 1. The molecule has 1 aliphatic heterocycles. The molecule has 3 aromatic rings. The maximum Gasteiger partial charge on any atom is 0.256 e. The number of hydrogen-bond acceptors (Lipinski definition) is 4. The molecule has 0 saturated carbocycles. The number of ether oxygens (including phenoxy) is 1. The average molecular weight is 378 g/mol. The normalized spacial score (nSPS) is 13.3. The predicted molar refractivity (Wildman–Crippen MR) is 111 cm³/mol. The number of rotatable bonds is 5. The first kappa shape index (κ1) is 17.8. The van der Waals surface area contributed by atoms with Crippen LogP contribution >= 0.6 is 11.3 Å². The van der Waals surface area contributed by atoms with Crippen LogP contribution < -0.4 is 10.2 Å². The van der Waals surface area contributed by atoms with Gasteiger partial charge in [-0.25, -0.2) is 0 Å². The standard InChI is InChI=1S/C22H22N2O2S/c1-26-15-17-6-2-3-7-18(17)22(25)23-19-8-4-5-9-20(19)24-12-10-21-16(14-24)11-13-27-21/h2-9,11,13H,10,12,14-15H2,1H3,(H,23,25). The molecule has 138 valence electrons. The summed E-state index contributed by atoms with van der Waals surface area (Å²) in [5.41, 5.74) is 4.82. The van der Waals surface area contributed by atoms with E-state index in [4.69, 9.17) is 4.74 Å². The molecule has 1 N–H and O–H groups in total. The fourth-order valence-electron chi connectivity index (χ4n) is 3.52. The Hall–Kier alpha value is -2.63. The lowest BCUT2D eigenvalue weighted by atomic mass is 10.1. The highest BCUT2D eigenvalue weighted by atomic mass is 32.1. The van der Waals surface area contributed by atoms with Crippen molar-refractivity contribution in [2.45, 2.75) is 19.6 Å². The smallest absolute Gasteiger partial charge is 0.256 e. The largest absolute Gasteiger partial charge is 0.380 e. The van der Waals surface area contributed by atoms with E-state index in [0.29, 0.717) is 12.2 Å². The maximum absolute atomic E-state index is 12.9. The summed E-state index contributed by atoms with van der Waals surface area (Å²) in [6.45, 7) is 2.25. The molecule has 0 radical (unpaired) electrons. The van der Waals surface area contributed by atoms with Crippen LogP contribution in [-0.4, -0.2) is 19.6 Å². The molecular weight excluding hydrogens is 356 g/mol. The van der Waals surface area contributed by atoms with Gasteiger partial charge in [-0.3, -0.25) is 4.79 Å². The summed E-state index contributed by atoms with van der Waals surface area (Å²) in [6.07, 6.45) is 1.05. The minimum Gasteiger partial charge on any atom is -0.380 e. The van der Waals surface area contributed by atoms with Crippen molar-refractivity contribution in [1.82, 2.24) is 0 Å². The Morgan fingerprint density at radius 3 is 2.85 bits per heavy atom. The summed E-state index contributed by atoms with van der Waals surface area (Å²) in [7, 11) is 1.64. The predicted octanol–water partition coefficient (Wildman–Crippen LogP) is 4.71. The Labute approximate surface area is 163 Å².